The molecule has 148 valence electrons. The van der Waals surface area contributed by atoms with Crippen molar-refractivity contribution in [3.05, 3.63) is 24.3 Å². The van der Waals surface area contributed by atoms with Crippen molar-refractivity contribution in [1.82, 2.24) is 9.80 Å². The molecule has 1 unspecified atom stereocenters. The molecular weight excluding hydrogens is 352 g/mol. The van der Waals surface area contributed by atoms with Crippen LogP contribution in [0.5, 0.6) is 11.5 Å². The number of piperidine rings is 1. The monoisotopic (exact) mass is 378 g/mol. The van der Waals surface area contributed by atoms with Crippen LogP contribution in [-0.4, -0.2) is 72.6 Å². The smallest absolute Gasteiger partial charge is 0.306 e. The number of nitrogens with zero attached hydrogens (tertiary/aromatic N) is 2. The molecule has 0 radical (unpaired) electrons. The molecule has 2 amide bonds. The Kier molecular flexibility index (Phi) is 7.04. The molecule has 1 saturated heterocycles. The maximum atomic E-state index is 12.5. The van der Waals surface area contributed by atoms with Gasteiger partial charge < -0.3 is 24.4 Å². The molecule has 1 N–H and O–H groups in total. The summed E-state index contributed by atoms with van der Waals surface area (Å²) in [5.74, 6) is -0.487. The van der Waals surface area contributed by atoms with Crippen LogP contribution in [0.15, 0.2) is 24.3 Å². The third-order valence-corrected chi connectivity index (χ3v) is 4.67. The Labute approximate surface area is 158 Å². The summed E-state index contributed by atoms with van der Waals surface area (Å²) in [5, 5.41) is 9.02. The normalized spacial score (nSPS) is 15.7. The van der Waals surface area contributed by atoms with E-state index < -0.39 is 18.0 Å². The molecule has 8 heteroatoms. The van der Waals surface area contributed by atoms with Crippen LogP contribution < -0.4 is 9.47 Å². The Hall–Kier alpha value is -2.77. The molecule has 2 rings (SSSR count). The molecule has 0 aromatic heterocycles. The van der Waals surface area contributed by atoms with E-state index in [1.807, 2.05) is 0 Å². The number of ether oxygens (including phenoxy) is 2. The summed E-state index contributed by atoms with van der Waals surface area (Å²) in [6.45, 7) is 2.37. The minimum atomic E-state index is -0.820. The summed E-state index contributed by atoms with van der Waals surface area (Å²) in [4.78, 5) is 38.8. The van der Waals surface area contributed by atoms with Crippen molar-refractivity contribution in [2.75, 3.05) is 33.8 Å². The van der Waals surface area contributed by atoms with Gasteiger partial charge in [-0.1, -0.05) is 0 Å². The molecule has 0 bridgehead atoms. The van der Waals surface area contributed by atoms with E-state index in [2.05, 4.69) is 0 Å². The van der Waals surface area contributed by atoms with Crippen LogP contribution in [0.4, 0.5) is 0 Å². The van der Waals surface area contributed by atoms with E-state index in [0.717, 1.165) is 0 Å². The predicted molar refractivity (Wildman–Crippen MR) is 97.7 cm³/mol. The number of benzene rings is 1. The summed E-state index contributed by atoms with van der Waals surface area (Å²) in [7, 11) is 3.12. The number of hydrogen-bond donors (Lipinski definition) is 1. The zero-order chi connectivity index (χ0) is 20.0. The number of likely N-dealkylation sites (N-methyl/N-ethyl adjacent to an activating group) is 1. The average molecular weight is 378 g/mol. The van der Waals surface area contributed by atoms with Gasteiger partial charge in [0.05, 0.1) is 19.6 Å². The third-order valence-electron chi connectivity index (χ3n) is 4.67. The van der Waals surface area contributed by atoms with E-state index in [-0.39, 0.29) is 18.4 Å². The third kappa shape index (κ3) is 5.60. The highest BCUT2D eigenvalue weighted by molar-refractivity contribution is 5.87. The zero-order valence-corrected chi connectivity index (χ0v) is 15.9. The first-order chi connectivity index (χ1) is 12.8. The molecular formula is C19H26N2O6. The predicted octanol–water partition coefficient (Wildman–Crippen LogP) is 1.24. The molecule has 8 nitrogen and oxygen atoms in total. The molecule has 1 fully saturated rings. The number of carboxylic acid groups (broad SMARTS) is 1. The van der Waals surface area contributed by atoms with Crippen LogP contribution in [0.3, 0.4) is 0 Å². The lowest BCUT2D eigenvalue weighted by Crippen LogP contribution is -2.47. The number of amides is 2. The second-order valence-corrected chi connectivity index (χ2v) is 6.62. The molecule has 1 aliphatic rings. The van der Waals surface area contributed by atoms with Gasteiger partial charge in [0, 0.05) is 20.1 Å². The Morgan fingerprint density at radius 2 is 1.74 bits per heavy atom. The SMILES string of the molecule is COc1ccc(OC(C)C(=O)N(C)CC(=O)N2CCC(C(=O)O)CC2)cc1. The number of carbonyl (C=O) groups is 3. The van der Waals surface area contributed by atoms with E-state index in [0.29, 0.717) is 37.4 Å². The lowest BCUT2D eigenvalue weighted by atomic mass is 9.97. The summed E-state index contributed by atoms with van der Waals surface area (Å²) in [6.07, 6.45) is 0.139. The second-order valence-electron chi connectivity index (χ2n) is 6.62. The molecule has 0 spiro atoms. The van der Waals surface area contributed by atoms with Gasteiger partial charge >= 0.3 is 5.97 Å². The molecule has 1 aromatic rings. The van der Waals surface area contributed by atoms with E-state index in [4.69, 9.17) is 14.6 Å². The average Bonchev–Trinajstić information content (AvgIpc) is 2.67. The Morgan fingerprint density at radius 1 is 1.19 bits per heavy atom. The van der Waals surface area contributed by atoms with Gasteiger partial charge in [-0.2, -0.15) is 0 Å². The van der Waals surface area contributed by atoms with Crippen LogP contribution in [0.2, 0.25) is 0 Å². The van der Waals surface area contributed by atoms with Crippen molar-refractivity contribution in [2.24, 2.45) is 5.92 Å². The van der Waals surface area contributed by atoms with E-state index in [1.165, 1.54) is 4.90 Å². The van der Waals surface area contributed by atoms with Crippen LogP contribution in [0.25, 0.3) is 0 Å². The minimum absolute atomic E-state index is 0.0626. The maximum Gasteiger partial charge on any atom is 0.306 e. The molecule has 1 aromatic carbocycles. The highest BCUT2D eigenvalue weighted by Crippen LogP contribution is 2.19. The standard InChI is InChI=1S/C19H26N2O6/c1-13(27-16-6-4-15(26-3)5-7-16)18(23)20(2)12-17(22)21-10-8-14(9-11-21)19(24)25/h4-7,13-14H,8-12H2,1-3H3,(H,24,25). The van der Waals surface area contributed by atoms with E-state index >= 15 is 0 Å². The molecule has 1 heterocycles. The summed E-state index contributed by atoms with van der Waals surface area (Å²) in [5.41, 5.74) is 0. The fourth-order valence-corrected chi connectivity index (χ4v) is 2.98. The van der Waals surface area contributed by atoms with Gasteiger partial charge in [0.1, 0.15) is 11.5 Å². The number of methoxy groups -OCH3 is 1. The van der Waals surface area contributed by atoms with Crippen molar-refractivity contribution >= 4 is 17.8 Å². The quantitative estimate of drug-likeness (QED) is 0.767. The molecule has 27 heavy (non-hydrogen) atoms. The highest BCUT2D eigenvalue weighted by atomic mass is 16.5. The van der Waals surface area contributed by atoms with Crippen LogP contribution >= 0.6 is 0 Å². The lowest BCUT2D eigenvalue weighted by molar-refractivity contribution is -0.147. The fraction of sp³-hybridized carbons (Fsp3) is 0.526. The molecule has 0 aliphatic carbocycles. The number of carboxylic acids is 1. The summed E-state index contributed by atoms with van der Waals surface area (Å²) in [6, 6.07) is 6.89. The number of likely N-dealkylation sites (tertiary alicyclic amines) is 1. The first-order valence-corrected chi connectivity index (χ1v) is 8.88. The Balaban J connectivity index is 1.83. The first-order valence-electron chi connectivity index (χ1n) is 8.88. The number of aliphatic carboxylic acids is 1. The van der Waals surface area contributed by atoms with Gasteiger partial charge in [-0.3, -0.25) is 14.4 Å². The minimum Gasteiger partial charge on any atom is -0.497 e. The highest BCUT2D eigenvalue weighted by Gasteiger charge is 2.28. The Bertz CT molecular complexity index is 667. The van der Waals surface area contributed by atoms with Crippen molar-refractivity contribution in [3.63, 3.8) is 0 Å². The lowest BCUT2D eigenvalue weighted by Gasteiger charge is -2.31. The van der Waals surface area contributed by atoms with Crippen molar-refractivity contribution < 1.29 is 29.0 Å². The molecule has 0 saturated carbocycles. The summed E-state index contributed by atoms with van der Waals surface area (Å²) >= 11 is 0. The van der Waals surface area contributed by atoms with Crippen molar-refractivity contribution in [2.45, 2.75) is 25.9 Å². The van der Waals surface area contributed by atoms with Crippen LogP contribution in [0, 0.1) is 5.92 Å². The van der Waals surface area contributed by atoms with E-state index in [1.54, 1.807) is 50.2 Å². The van der Waals surface area contributed by atoms with Gasteiger partial charge in [0.2, 0.25) is 5.91 Å². The van der Waals surface area contributed by atoms with Gasteiger partial charge in [0.15, 0.2) is 6.10 Å². The van der Waals surface area contributed by atoms with Gasteiger partial charge in [-0.05, 0) is 44.0 Å². The van der Waals surface area contributed by atoms with Crippen molar-refractivity contribution in [1.29, 1.82) is 0 Å². The molecule has 1 aliphatic heterocycles. The largest absolute Gasteiger partial charge is 0.497 e. The van der Waals surface area contributed by atoms with Crippen LogP contribution in [0.1, 0.15) is 19.8 Å². The maximum absolute atomic E-state index is 12.5. The number of carbonyl (C=O) groups excluding carboxylic acids is 2. The van der Waals surface area contributed by atoms with Crippen molar-refractivity contribution in [3.8, 4) is 11.5 Å². The number of hydrogen-bond acceptors (Lipinski definition) is 5. The van der Waals surface area contributed by atoms with E-state index in [9.17, 15) is 14.4 Å². The second kappa shape index (κ2) is 9.25. The summed E-state index contributed by atoms with van der Waals surface area (Å²) < 4.78 is 10.7. The fourth-order valence-electron chi connectivity index (χ4n) is 2.98. The zero-order valence-electron chi connectivity index (χ0n) is 15.9. The topological polar surface area (TPSA) is 96.4 Å². The van der Waals surface area contributed by atoms with Crippen LogP contribution in [-0.2, 0) is 14.4 Å². The van der Waals surface area contributed by atoms with Gasteiger partial charge in [-0.15, -0.1) is 0 Å². The van der Waals surface area contributed by atoms with Gasteiger partial charge in [0.25, 0.3) is 5.91 Å². The Morgan fingerprint density at radius 3 is 2.26 bits per heavy atom. The van der Waals surface area contributed by atoms with Gasteiger partial charge in [-0.25, -0.2) is 0 Å². The first kappa shape index (κ1) is 20.5. The molecule has 1 atom stereocenters. The number of rotatable bonds is 7.